The average Bonchev–Trinajstić information content (AvgIpc) is 2.54. The van der Waals surface area contributed by atoms with Crippen LogP contribution in [-0.4, -0.2) is 50.2 Å². The molecule has 2 fully saturated rings. The minimum absolute atomic E-state index is 0.0692. The van der Waals surface area contributed by atoms with Crippen LogP contribution in [-0.2, 0) is 16.1 Å². The molecule has 0 bridgehead atoms. The molecule has 2 atom stereocenters. The Labute approximate surface area is 124 Å². The smallest absolute Gasteiger partial charge is 0.246 e. The van der Waals surface area contributed by atoms with Gasteiger partial charge in [0, 0.05) is 12.7 Å². The Morgan fingerprint density at radius 1 is 1.29 bits per heavy atom. The number of aromatic nitrogens is 2. The van der Waals surface area contributed by atoms with Gasteiger partial charge in [-0.2, -0.15) is 0 Å². The maximum atomic E-state index is 12.8. The Morgan fingerprint density at radius 3 is 2.86 bits per heavy atom. The number of hydrogen-bond acceptors (Lipinski definition) is 4. The van der Waals surface area contributed by atoms with Crippen LogP contribution in [0.1, 0.15) is 38.3 Å². The maximum absolute atomic E-state index is 12.8. The fourth-order valence-electron chi connectivity index (χ4n) is 3.29. The molecule has 3 rings (SSSR count). The van der Waals surface area contributed by atoms with Crippen molar-refractivity contribution in [2.24, 2.45) is 0 Å². The lowest BCUT2D eigenvalue weighted by Gasteiger charge is -2.46. The largest absolute Gasteiger partial charge is 0.329 e. The lowest BCUT2D eigenvalue weighted by atomic mass is 9.94. The zero-order chi connectivity index (χ0) is 14.8. The van der Waals surface area contributed by atoms with Crippen molar-refractivity contribution in [2.75, 3.05) is 6.54 Å². The van der Waals surface area contributed by atoms with Crippen LogP contribution < -0.4 is 0 Å². The first-order valence-electron chi connectivity index (χ1n) is 7.58. The Kier molecular flexibility index (Phi) is 3.86. The zero-order valence-corrected chi connectivity index (χ0v) is 12.2. The van der Waals surface area contributed by atoms with E-state index in [4.69, 9.17) is 0 Å². The van der Waals surface area contributed by atoms with E-state index in [1.165, 1.54) is 6.33 Å². The van der Waals surface area contributed by atoms with Crippen molar-refractivity contribution in [3.8, 4) is 0 Å². The normalized spacial score (nSPS) is 26.0. The highest BCUT2D eigenvalue weighted by molar-refractivity contribution is 5.97. The van der Waals surface area contributed by atoms with Gasteiger partial charge >= 0.3 is 0 Å². The predicted octanol–water partition coefficient (Wildman–Crippen LogP) is 0.978. The molecule has 0 aromatic carbocycles. The molecule has 0 spiro atoms. The average molecular weight is 288 g/mol. The molecule has 2 aliphatic heterocycles. The quantitative estimate of drug-likeness (QED) is 0.831. The summed E-state index contributed by atoms with van der Waals surface area (Å²) >= 11 is 0. The molecule has 2 unspecified atom stereocenters. The summed E-state index contributed by atoms with van der Waals surface area (Å²) in [5, 5.41) is 0. The highest BCUT2D eigenvalue weighted by atomic mass is 16.2. The van der Waals surface area contributed by atoms with Gasteiger partial charge in [-0.25, -0.2) is 9.97 Å². The molecular formula is C15H20N4O2. The van der Waals surface area contributed by atoms with E-state index in [1.807, 2.05) is 6.92 Å². The van der Waals surface area contributed by atoms with Gasteiger partial charge in [-0.15, -0.1) is 0 Å². The first kappa shape index (κ1) is 14.0. The number of fused-ring (bicyclic) bond motifs is 1. The van der Waals surface area contributed by atoms with E-state index in [-0.39, 0.29) is 23.9 Å². The second-order valence-corrected chi connectivity index (χ2v) is 5.63. The Hall–Kier alpha value is -1.98. The second-order valence-electron chi connectivity index (χ2n) is 5.63. The molecule has 2 aliphatic rings. The topological polar surface area (TPSA) is 66.4 Å². The summed E-state index contributed by atoms with van der Waals surface area (Å²) in [6, 6.07) is 1.16. The molecule has 0 saturated carbocycles. The number of piperidine rings is 1. The standard InChI is InChI=1S/C15H20N4O2/c1-2-12-14(20)18-8-4-3-5-13(18)15(21)19(12)9-11-6-7-16-10-17-11/h6-7,10,12-13H,2-5,8-9H2,1H3. The molecule has 6 heteroatoms. The van der Waals surface area contributed by atoms with E-state index in [9.17, 15) is 9.59 Å². The Morgan fingerprint density at radius 2 is 2.14 bits per heavy atom. The Bertz CT molecular complexity index is 534. The number of hydrogen-bond donors (Lipinski definition) is 0. The zero-order valence-electron chi connectivity index (χ0n) is 12.2. The fraction of sp³-hybridized carbons (Fsp3) is 0.600. The van der Waals surface area contributed by atoms with Crippen molar-refractivity contribution in [3.63, 3.8) is 0 Å². The monoisotopic (exact) mass is 288 g/mol. The van der Waals surface area contributed by atoms with Gasteiger partial charge in [-0.1, -0.05) is 6.92 Å². The molecule has 1 aromatic heterocycles. The van der Waals surface area contributed by atoms with Gasteiger partial charge in [-0.3, -0.25) is 9.59 Å². The molecule has 3 heterocycles. The lowest BCUT2D eigenvalue weighted by molar-refractivity contribution is -0.164. The first-order valence-corrected chi connectivity index (χ1v) is 7.58. The SMILES string of the molecule is CCC1C(=O)N2CCCCC2C(=O)N1Cc1ccncn1. The van der Waals surface area contributed by atoms with Gasteiger partial charge in [0.15, 0.2) is 0 Å². The first-order chi connectivity index (χ1) is 10.2. The molecule has 21 heavy (non-hydrogen) atoms. The van der Waals surface area contributed by atoms with Crippen molar-refractivity contribution in [1.29, 1.82) is 0 Å². The van der Waals surface area contributed by atoms with Crippen LogP contribution in [0.25, 0.3) is 0 Å². The van der Waals surface area contributed by atoms with E-state index >= 15 is 0 Å². The molecule has 0 aliphatic carbocycles. The predicted molar refractivity (Wildman–Crippen MR) is 76.0 cm³/mol. The van der Waals surface area contributed by atoms with Gasteiger partial charge in [0.1, 0.15) is 18.4 Å². The van der Waals surface area contributed by atoms with Crippen LogP contribution in [0.4, 0.5) is 0 Å². The molecular weight excluding hydrogens is 268 g/mol. The third-order valence-electron chi connectivity index (χ3n) is 4.38. The fourth-order valence-corrected chi connectivity index (χ4v) is 3.29. The molecule has 0 N–H and O–H groups in total. The molecule has 6 nitrogen and oxygen atoms in total. The summed E-state index contributed by atoms with van der Waals surface area (Å²) in [6.07, 6.45) is 6.56. The Balaban J connectivity index is 1.86. The summed E-state index contributed by atoms with van der Waals surface area (Å²) in [5.41, 5.74) is 0.772. The molecule has 2 amide bonds. The highest BCUT2D eigenvalue weighted by Crippen LogP contribution is 2.28. The van der Waals surface area contributed by atoms with Crippen LogP contribution in [0.5, 0.6) is 0 Å². The lowest BCUT2D eigenvalue weighted by Crippen LogP contribution is -2.65. The highest BCUT2D eigenvalue weighted by Gasteiger charge is 2.45. The van der Waals surface area contributed by atoms with E-state index in [0.717, 1.165) is 25.0 Å². The van der Waals surface area contributed by atoms with Gasteiger partial charge in [0.05, 0.1) is 12.2 Å². The molecule has 112 valence electrons. The molecule has 1 aromatic rings. The second kappa shape index (κ2) is 5.79. The number of nitrogens with zero attached hydrogens (tertiary/aromatic N) is 4. The van der Waals surface area contributed by atoms with E-state index in [2.05, 4.69) is 9.97 Å². The number of amides is 2. The van der Waals surface area contributed by atoms with Crippen LogP contribution >= 0.6 is 0 Å². The summed E-state index contributed by atoms with van der Waals surface area (Å²) in [4.78, 5) is 37.0. The number of carbonyl (C=O) groups is 2. The van der Waals surface area contributed by atoms with Crippen LogP contribution in [0.2, 0.25) is 0 Å². The van der Waals surface area contributed by atoms with Crippen molar-refractivity contribution in [3.05, 3.63) is 24.3 Å². The summed E-state index contributed by atoms with van der Waals surface area (Å²) in [6.45, 7) is 3.05. The summed E-state index contributed by atoms with van der Waals surface area (Å²) < 4.78 is 0. The number of rotatable bonds is 3. The molecule has 2 saturated heterocycles. The van der Waals surface area contributed by atoms with E-state index < -0.39 is 0 Å². The minimum atomic E-state index is -0.359. The van der Waals surface area contributed by atoms with Crippen molar-refractivity contribution < 1.29 is 9.59 Å². The van der Waals surface area contributed by atoms with Gasteiger partial charge < -0.3 is 9.80 Å². The van der Waals surface area contributed by atoms with Crippen molar-refractivity contribution in [1.82, 2.24) is 19.8 Å². The van der Waals surface area contributed by atoms with Crippen molar-refractivity contribution >= 4 is 11.8 Å². The van der Waals surface area contributed by atoms with Gasteiger partial charge in [-0.05, 0) is 31.7 Å². The van der Waals surface area contributed by atoms with Crippen molar-refractivity contribution in [2.45, 2.75) is 51.2 Å². The van der Waals surface area contributed by atoms with Gasteiger partial charge in [0.2, 0.25) is 11.8 Å². The summed E-state index contributed by atoms with van der Waals surface area (Å²) in [7, 11) is 0. The maximum Gasteiger partial charge on any atom is 0.246 e. The third-order valence-corrected chi connectivity index (χ3v) is 4.38. The summed E-state index contributed by atoms with van der Waals surface area (Å²) in [5.74, 6) is 0.163. The van der Waals surface area contributed by atoms with Gasteiger partial charge in [0.25, 0.3) is 0 Å². The molecule has 0 radical (unpaired) electrons. The van der Waals surface area contributed by atoms with Crippen LogP contribution in [0, 0.1) is 0 Å². The third kappa shape index (κ3) is 2.50. The minimum Gasteiger partial charge on any atom is -0.329 e. The number of piperazine rings is 1. The van der Waals surface area contributed by atoms with Crippen LogP contribution in [0.3, 0.4) is 0 Å². The van der Waals surface area contributed by atoms with E-state index in [0.29, 0.717) is 19.5 Å². The number of carbonyl (C=O) groups excluding carboxylic acids is 2. The van der Waals surface area contributed by atoms with Crippen LogP contribution in [0.15, 0.2) is 18.6 Å². The van der Waals surface area contributed by atoms with E-state index in [1.54, 1.807) is 22.1 Å².